The SMILES string of the molecule is CC1C=C(C(=O)O)OCC1. The lowest BCUT2D eigenvalue weighted by Crippen LogP contribution is -2.14. The summed E-state index contributed by atoms with van der Waals surface area (Å²) in [7, 11) is 0. The molecule has 0 spiro atoms. The Hall–Kier alpha value is -0.990. The minimum absolute atomic E-state index is 0.0961. The highest BCUT2D eigenvalue weighted by molar-refractivity contribution is 5.84. The number of carboxylic acid groups (broad SMARTS) is 1. The van der Waals surface area contributed by atoms with Crippen LogP contribution in [0.1, 0.15) is 13.3 Å². The first kappa shape index (κ1) is 7.12. The van der Waals surface area contributed by atoms with E-state index in [1.807, 2.05) is 6.92 Å². The molecule has 0 bridgehead atoms. The van der Waals surface area contributed by atoms with Gasteiger partial charge in [-0.2, -0.15) is 0 Å². The minimum atomic E-state index is -0.966. The molecule has 0 aliphatic carbocycles. The van der Waals surface area contributed by atoms with Crippen LogP contribution in [0.15, 0.2) is 11.8 Å². The van der Waals surface area contributed by atoms with Gasteiger partial charge in [0.1, 0.15) is 0 Å². The third kappa shape index (κ3) is 1.50. The van der Waals surface area contributed by atoms with Crippen LogP contribution in [0.2, 0.25) is 0 Å². The van der Waals surface area contributed by atoms with Crippen molar-refractivity contribution in [3.8, 4) is 0 Å². The number of rotatable bonds is 1. The number of carboxylic acids is 1. The fourth-order valence-corrected chi connectivity index (χ4v) is 0.878. The van der Waals surface area contributed by atoms with Crippen molar-refractivity contribution < 1.29 is 14.6 Å². The highest BCUT2D eigenvalue weighted by Crippen LogP contribution is 2.15. The fourth-order valence-electron chi connectivity index (χ4n) is 0.878. The molecule has 1 N–H and O–H groups in total. The van der Waals surface area contributed by atoms with Gasteiger partial charge < -0.3 is 9.84 Å². The molecule has 0 aromatic rings. The molecule has 3 nitrogen and oxygen atoms in total. The van der Waals surface area contributed by atoms with Crippen molar-refractivity contribution in [2.45, 2.75) is 13.3 Å². The van der Waals surface area contributed by atoms with Crippen molar-refractivity contribution in [3.63, 3.8) is 0 Å². The Kier molecular flexibility index (Phi) is 1.94. The first-order valence-electron chi connectivity index (χ1n) is 3.28. The van der Waals surface area contributed by atoms with E-state index < -0.39 is 5.97 Å². The topological polar surface area (TPSA) is 46.5 Å². The molecule has 0 fully saturated rings. The predicted molar refractivity (Wildman–Crippen MR) is 35.5 cm³/mol. The van der Waals surface area contributed by atoms with E-state index in [0.717, 1.165) is 6.42 Å². The van der Waals surface area contributed by atoms with Crippen LogP contribution in [-0.2, 0) is 9.53 Å². The maximum atomic E-state index is 10.3. The minimum Gasteiger partial charge on any atom is -0.487 e. The molecule has 1 rings (SSSR count). The zero-order chi connectivity index (χ0) is 7.56. The molecule has 0 aromatic carbocycles. The van der Waals surface area contributed by atoms with Gasteiger partial charge in [0.15, 0.2) is 0 Å². The maximum absolute atomic E-state index is 10.3. The second kappa shape index (κ2) is 2.73. The molecule has 1 unspecified atom stereocenters. The number of hydrogen-bond donors (Lipinski definition) is 1. The molecule has 0 saturated heterocycles. The van der Waals surface area contributed by atoms with Crippen LogP contribution in [-0.4, -0.2) is 17.7 Å². The van der Waals surface area contributed by atoms with E-state index in [2.05, 4.69) is 0 Å². The number of aliphatic carboxylic acids is 1. The standard InChI is InChI=1S/C7H10O3/c1-5-2-3-10-6(4-5)7(8)9/h4-5H,2-3H2,1H3,(H,8,9). The monoisotopic (exact) mass is 142 g/mol. The lowest BCUT2D eigenvalue weighted by Gasteiger charge is -2.15. The summed E-state index contributed by atoms with van der Waals surface area (Å²) in [6.45, 7) is 2.50. The lowest BCUT2D eigenvalue weighted by molar-refractivity contribution is -0.137. The van der Waals surface area contributed by atoms with Gasteiger partial charge in [-0.25, -0.2) is 4.79 Å². The largest absolute Gasteiger partial charge is 0.487 e. The molecule has 1 aliphatic rings. The summed E-state index contributed by atoms with van der Waals surface area (Å²) in [5, 5.41) is 8.46. The van der Waals surface area contributed by atoms with Crippen LogP contribution >= 0.6 is 0 Å². The van der Waals surface area contributed by atoms with Gasteiger partial charge in [0.05, 0.1) is 6.61 Å². The molecule has 10 heavy (non-hydrogen) atoms. The number of ether oxygens (including phenoxy) is 1. The van der Waals surface area contributed by atoms with Crippen LogP contribution in [0.25, 0.3) is 0 Å². The lowest BCUT2D eigenvalue weighted by atomic mass is 10.1. The maximum Gasteiger partial charge on any atom is 0.370 e. The van der Waals surface area contributed by atoms with Crippen molar-refractivity contribution >= 4 is 5.97 Å². The third-order valence-electron chi connectivity index (χ3n) is 1.48. The van der Waals surface area contributed by atoms with E-state index >= 15 is 0 Å². The van der Waals surface area contributed by atoms with Gasteiger partial charge in [-0.15, -0.1) is 0 Å². The Morgan fingerprint density at radius 1 is 1.90 bits per heavy atom. The van der Waals surface area contributed by atoms with Gasteiger partial charge in [-0.1, -0.05) is 6.92 Å². The normalized spacial score (nSPS) is 24.9. The van der Waals surface area contributed by atoms with Crippen molar-refractivity contribution in [2.75, 3.05) is 6.61 Å². The molecule has 0 amide bonds. The Bertz CT molecular complexity index is 172. The first-order valence-corrected chi connectivity index (χ1v) is 3.28. The van der Waals surface area contributed by atoms with Crippen molar-refractivity contribution in [2.24, 2.45) is 5.92 Å². The van der Waals surface area contributed by atoms with E-state index in [-0.39, 0.29) is 5.76 Å². The first-order chi connectivity index (χ1) is 4.70. The van der Waals surface area contributed by atoms with E-state index in [0.29, 0.717) is 12.5 Å². The van der Waals surface area contributed by atoms with Crippen LogP contribution in [0, 0.1) is 5.92 Å². The molecule has 1 heterocycles. The molecular formula is C7H10O3. The average molecular weight is 142 g/mol. The van der Waals surface area contributed by atoms with Gasteiger partial charge in [0.25, 0.3) is 0 Å². The highest BCUT2D eigenvalue weighted by atomic mass is 16.5. The Morgan fingerprint density at radius 3 is 3.00 bits per heavy atom. The number of allylic oxidation sites excluding steroid dienone is 1. The molecule has 1 aliphatic heterocycles. The van der Waals surface area contributed by atoms with Crippen LogP contribution in [0.5, 0.6) is 0 Å². The summed E-state index contributed by atoms with van der Waals surface area (Å²) in [6, 6.07) is 0. The number of carbonyl (C=O) groups is 1. The fraction of sp³-hybridized carbons (Fsp3) is 0.571. The smallest absolute Gasteiger partial charge is 0.370 e. The average Bonchev–Trinajstić information content (AvgIpc) is 1.88. The van der Waals surface area contributed by atoms with E-state index in [1.165, 1.54) is 0 Å². The van der Waals surface area contributed by atoms with E-state index in [1.54, 1.807) is 6.08 Å². The van der Waals surface area contributed by atoms with E-state index in [9.17, 15) is 4.79 Å². The van der Waals surface area contributed by atoms with Crippen molar-refractivity contribution in [3.05, 3.63) is 11.8 Å². The Morgan fingerprint density at radius 2 is 2.60 bits per heavy atom. The summed E-state index contributed by atoms with van der Waals surface area (Å²) >= 11 is 0. The quantitative estimate of drug-likeness (QED) is 0.594. The van der Waals surface area contributed by atoms with Gasteiger partial charge in [0, 0.05) is 0 Å². The zero-order valence-corrected chi connectivity index (χ0v) is 5.83. The Balaban J connectivity index is 2.66. The molecule has 1 atom stereocenters. The van der Waals surface area contributed by atoms with Crippen LogP contribution in [0.3, 0.4) is 0 Å². The van der Waals surface area contributed by atoms with E-state index in [4.69, 9.17) is 9.84 Å². The second-order valence-corrected chi connectivity index (χ2v) is 2.45. The predicted octanol–water partition coefficient (Wildman–Crippen LogP) is 1.01. The summed E-state index contributed by atoms with van der Waals surface area (Å²) < 4.78 is 4.87. The van der Waals surface area contributed by atoms with Crippen LogP contribution < -0.4 is 0 Å². The number of hydrogen-bond acceptors (Lipinski definition) is 2. The van der Waals surface area contributed by atoms with Crippen LogP contribution in [0.4, 0.5) is 0 Å². The zero-order valence-electron chi connectivity index (χ0n) is 5.83. The third-order valence-corrected chi connectivity index (χ3v) is 1.48. The highest BCUT2D eigenvalue weighted by Gasteiger charge is 2.15. The molecule has 56 valence electrons. The summed E-state index contributed by atoms with van der Waals surface area (Å²) in [4.78, 5) is 10.3. The van der Waals surface area contributed by atoms with Gasteiger partial charge in [-0.05, 0) is 18.4 Å². The second-order valence-electron chi connectivity index (χ2n) is 2.45. The van der Waals surface area contributed by atoms with Gasteiger partial charge >= 0.3 is 5.97 Å². The van der Waals surface area contributed by atoms with Crippen molar-refractivity contribution in [1.29, 1.82) is 0 Å². The van der Waals surface area contributed by atoms with Gasteiger partial charge in [0.2, 0.25) is 5.76 Å². The molecule has 0 saturated carbocycles. The molecule has 0 radical (unpaired) electrons. The molecular weight excluding hydrogens is 132 g/mol. The molecule has 3 heteroatoms. The summed E-state index contributed by atoms with van der Waals surface area (Å²) in [5.41, 5.74) is 0. The van der Waals surface area contributed by atoms with Gasteiger partial charge in [-0.3, -0.25) is 0 Å². The summed E-state index contributed by atoms with van der Waals surface area (Å²) in [6.07, 6.45) is 2.56. The summed E-state index contributed by atoms with van der Waals surface area (Å²) in [5.74, 6) is -0.537. The molecule has 0 aromatic heterocycles. The Labute approximate surface area is 59.3 Å². The van der Waals surface area contributed by atoms with Crippen molar-refractivity contribution in [1.82, 2.24) is 0 Å².